The molecule has 0 atom stereocenters. The van der Waals surface area contributed by atoms with E-state index in [1.165, 1.54) is 10.9 Å². The molecule has 0 bridgehead atoms. The van der Waals surface area contributed by atoms with Gasteiger partial charge in [0.1, 0.15) is 0 Å². The molecule has 1 heterocycles. The van der Waals surface area contributed by atoms with Crippen molar-refractivity contribution in [3.8, 4) is 0 Å². The van der Waals surface area contributed by atoms with Crippen molar-refractivity contribution in [2.45, 2.75) is 25.6 Å². The highest BCUT2D eigenvalue weighted by Crippen LogP contribution is 2.42. The molecule has 2 nitrogen and oxygen atoms in total. The van der Waals surface area contributed by atoms with Crippen LogP contribution in [0.15, 0.2) is 6.20 Å². The molecule has 0 aromatic carbocycles. The standard InChI is InChI=1S/C7H8ClFN2/c8-6-3-10-11(4-9)7(6)5-1-2-5/h3,5H,1-2,4H2. The van der Waals surface area contributed by atoms with Gasteiger partial charge in [-0.25, -0.2) is 9.07 Å². The lowest BCUT2D eigenvalue weighted by Crippen LogP contribution is -2.00. The third-order valence-corrected chi connectivity index (χ3v) is 2.20. The predicted molar refractivity (Wildman–Crippen MR) is 40.3 cm³/mol. The molecule has 0 spiro atoms. The lowest BCUT2D eigenvalue weighted by Gasteiger charge is -1.99. The Labute approximate surface area is 69.0 Å². The molecule has 0 amide bonds. The van der Waals surface area contributed by atoms with Crippen LogP contribution in [0.1, 0.15) is 24.5 Å². The summed E-state index contributed by atoms with van der Waals surface area (Å²) in [4.78, 5) is 0. The summed E-state index contributed by atoms with van der Waals surface area (Å²) in [7, 11) is 0. The number of halogens is 2. The maximum absolute atomic E-state index is 12.2. The quantitative estimate of drug-likeness (QED) is 0.673. The van der Waals surface area contributed by atoms with Crippen molar-refractivity contribution in [2.24, 2.45) is 0 Å². The van der Waals surface area contributed by atoms with Crippen LogP contribution in [0.2, 0.25) is 5.02 Å². The van der Waals surface area contributed by atoms with E-state index in [1.54, 1.807) is 0 Å². The maximum Gasteiger partial charge on any atom is 0.181 e. The number of alkyl halides is 1. The Hall–Kier alpha value is -0.570. The first kappa shape index (κ1) is 7.10. The summed E-state index contributed by atoms with van der Waals surface area (Å²) in [6.07, 6.45) is 3.74. The van der Waals surface area contributed by atoms with Crippen molar-refractivity contribution < 1.29 is 4.39 Å². The number of rotatable bonds is 2. The van der Waals surface area contributed by atoms with E-state index in [9.17, 15) is 4.39 Å². The Balaban J connectivity index is 2.38. The van der Waals surface area contributed by atoms with E-state index in [1.807, 2.05) is 0 Å². The van der Waals surface area contributed by atoms with Gasteiger partial charge in [0.15, 0.2) is 6.80 Å². The van der Waals surface area contributed by atoms with Crippen molar-refractivity contribution in [1.82, 2.24) is 9.78 Å². The minimum absolute atomic E-state index is 0.459. The van der Waals surface area contributed by atoms with Crippen LogP contribution in [-0.4, -0.2) is 9.78 Å². The fraction of sp³-hybridized carbons (Fsp3) is 0.571. The molecule has 1 saturated carbocycles. The normalized spacial score (nSPS) is 17.3. The van der Waals surface area contributed by atoms with Gasteiger partial charge in [-0.05, 0) is 12.8 Å². The lowest BCUT2D eigenvalue weighted by atomic mass is 10.3. The zero-order chi connectivity index (χ0) is 7.84. The Morgan fingerprint density at radius 2 is 2.45 bits per heavy atom. The van der Waals surface area contributed by atoms with Crippen LogP contribution in [0.4, 0.5) is 4.39 Å². The van der Waals surface area contributed by atoms with Gasteiger partial charge in [0, 0.05) is 5.92 Å². The molecule has 2 rings (SSSR count). The van der Waals surface area contributed by atoms with E-state index in [0.717, 1.165) is 18.5 Å². The van der Waals surface area contributed by atoms with E-state index in [0.29, 0.717) is 10.9 Å². The second kappa shape index (κ2) is 2.48. The van der Waals surface area contributed by atoms with Crippen LogP contribution in [0.5, 0.6) is 0 Å². The average Bonchev–Trinajstić information content (AvgIpc) is 2.76. The molecule has 1 aliphatic rings. The fourth-order valence-corrected chi connectivity index (χ4v) is 1.53. The van der Waals surface area contributed by atoms with Gasteiger partial charge in [-0.1, -0.05) is 11.6 Å². The first-order valence-electron chi connectivity index (χ1n) is 3.60. The molecule has 1 aliphatic carbocycles. The summed E-state index contributed by atoms with van der Waals surface area (Å²) >= 11 is 5.81. The molecule has 11 heavy (non-hydrogen) atoms. The van der Waals surface area contributed by atoms with Crippen LogP contribution in [0.25, 0.3) is 0 Å². The fourth-order valence-electron chi connectivity index (χ4n) is 1.23. The highest BCUT2D eigenvalue weighted by Gasteiger charge is 2.29. The van der Waals surface area contributed by atoms with Gasteiger partial charge < -0.3 is 0 Å². The molecule has 0 aliphatic heterocycles. The van der Waals surface area contributed by atoms with Gasteiger partial charge in [-0.2, -0.15) is 5.10 Å². The van der Waals surface area contributed by atoms with E-state index in [-0.39, 0.29) is 0 Å². The van der Waals surface area contributed by atoms with Crippen molar-refractivity contribution in [3.05, 3.63) is 16.9 Å². The molecule has 0 saturated heterocycles. The van der Waals surface area contributed by atoms with Gasteiger partial charge in [-0.3, -0.25) is 0 Å². The average molecular weight is 175 g/mol. The molecule has 60 valence electrons. The number of aromatic nitrogens is 2. The van der Waals surface area contributed by atoms with E-state index in [2.05, 4.69) is 5.10 Å². The van der Waals surface area contributed by atoms with Crippen LogP contribution in [-0.2, 0) is 6.80 Å². The third-order valence-electron chi connectivity index (χ3n) is 1.91. The van der Waals surface area contributed by atoms with Crippen LogP contribution < -0.4 is 0 Å². The molecule has 0 radical (unpaired) electrons. The maximum atomic E-state index is 12.2. The van der Waals surface area contributed by atoms with Gasteiger partial charge in [0.05, 0.1) is 16.9 Å². The second-order valence-corrected chi connectivity index (χ2v) is 3.18. The van der Waals surface area contributed by atoms with Crippen molar-refractivity contribution in [3.63, 3.8) is 0 Å². The molecular weight excluding hydrogens is 167 g/mol. The number of nitrogens with zero attached hydrogens (tertiary/aromatic N) is 2. The SMILES string of the molecule is FCn1ncc(Cl)c1C1CC1. The highest BCUT2D eigenvalue weighted by atomic mass is 35.5. The van der Waals surface area contributed by atoms with Crippen molar-refractivity contribution >= 4 is 11.6 Å². The summed E-state index contributed by atoms with van der Waals surface area (Å²) < 4.78 is 13.6. The summed E-state index contributed by atoms with van der Waals surface area (Å²) in [5.41, 5.74) is 0.870. The predicted octanol–water partition coefficient (Wildman–Crippen LogP) is 2.34. The minimum atomic E-state index is -0.571. The topological polar surface area (TPSA) is 17.8 Å². The molecule has 0 unspecified atom stereocenters. The minimum Gasteiger partial charge on any atom is -0.237 e. The Kier molecular flexibility index (Phi) is 1.60. The van der Waals surface area contributed by atoms with Crippen LogP contribution in [0.3, 0.4) is 0 Å². The third kappa shape index (κ3) is 1.13. The van der Waals surface area contributed by atoms with E-state index >= 15 is 0 Å². The summed E-state index contributed by atoms with van der Waals surface area (Å²) in [6.45, 7) is -0.571. The van der Waals surface area contributed by atoms with Gasteiger partial charge in [-0.15, -0.1) is 0 Å². The molecule has 1 fully saturated rings. The summed E-state index contributed by atoms with van der Waals surface area (Å²) in [6, 6.07) is 0. The first-order chi connectivity index (χ1) is 5.33. The van der Waals surface area contributed by atoms with Gasteiger partial charge in [0.25, 0.3) is 0 Å². The van der Waals surface area contributed by atoms with E-state index < -0.39 is 6.80 Å². The van der Waals surface area contributed by atoms with E-state index in [4.69, 9.17) is 11.6 Å². The molecule has 0 N–H and O–H groups in total. The van der Waals surface area contributed by atoms with Gasteiger partial charge >= 0.3 is 0 Å². The van der Waals surface area contributed by atoms with Crippen LogP contribution >= 0.6 is 11.6 Å². The monoisotopic (exact) mass is 174 g/mol. The Morgan fingerprint density at radius 3 is 3.00 bits per heavy atom. The largest absolute Gasteiger partial charge is 0.237 e. The second-order valence-electron chi connectivity index (χ2n) is 2.77. The smallest absolute Gasteiger partial charge is 0.181 e. The summed E-state index contributed by atoms with van der Waals surface area (Å²) in [5, 5.41) is 4.41. The number of hydrogen-bond donors (Lipinski definition) is 0. The molecule has 4 heteroatoms. The zero-order valence-electron chi connectivity index (χ0n) is 5.93. The van der Waals surface area contributed by atoms with Gasteiger partial charge in [0.2, 0.25) is 0 Å². The lowest BCUT2D eigenvalue weighted by molar-refractivity contribution is 0.341. The van der Waals surface area contributed by atoms with Crippen molar-refractivity contribution in [2.75, 3.05) is 0 Å². The molecular formula is C7H8ClFN2. The highest BCUT2D eigenvalue weighted by molar-refractivity contribution is 6.31. The first-order valence-corrected chi connectivity index (χ1v) is 3.98. The van der Waals surface area contributed by atoms with Crippen LogP contribution in [0, 0.1) is 0 Å². The van der Waals surface area contributed by atoms with Crippen molar-refractivity contribution in [1.29, 1.82) is 0 Å². The number of hydrogen-bond acceptors (Lipinski definition) is 1. The molecule has 1 aromatic rings. The summed E-state index contributed by atoms with van der Waals surface area (Å²) in [5.74, 6) is 0.459. The molecule has 1 aromatic heterocycles. The Bertz CT molecular complexity index is 267. The zero-order valence-corrected chi connectivity index (χ0v) is 6.68. The Morgan fingerprint density at radius 1 is 1.73 bits per heavy atom.